The summed E-state index contributed by atoms with van der Waals surface area (Å²) < 4.78 is 7.75. The molecule has 0 atom stereocenters. The van der Waals surface area contributed by atoms with Crippen molar-refractivity contribution >= 4 is 50.0 Å². The molecule has 1 aromatic heterocycles. The van der Waals surface area contributed by atoms with Crippen molar-refractivity contribution in [2.75, 3.05) is 6.61 Å². The Hall–Kier alpha value is -0.190. The van der Waals surface area contributed by atoms with E-state index in [0.717, 1.165) is 14.4 Å². The number of hydrogen-bond acceptors (Lipinski definition) is 3. The van der Waals surface area contributed by atoms with Gasteiger partial charge >= 0.3 is 0 Å². The number of ether oxygens (including phenoxy) is 1. The minimum absolute atomic E-state index is 0.707. The summed E-state index contributed by atoms with van der Waals surface area (Å²) in [5.41, 5.74) is 0. The third-order valence-corrected chi connectivity index (χ3v) is 4.06. The summed E-state index contributed by atoms with van der Waals surface area (Å²) in [6, 6.07) is 6.09. The third-order valence-electron chi connectivity index (χ3n) is 1.82. The van der Waals surface area contributed by atoms with Gasteiger partial charge in [-0.05, 0) is 46.4 Å². The second kappa shape index (κ2) is 4.13. The molecule has 2 rings (SSSR count). The van der Waals surface area contributed by atoms with Crippen LogP contribution in [-0.2, 0) is 0 Å². The van der Waals surface area contributed by atoms with Crippen molar-refractivity contribution in [2.45, 2.75) is 11.8 Å². The minimum Gasteiger partial charge on any atom is -0.484 e. The zero-order chi connectivity index (χ0) is 10.1. The van der Waals surface area contributed by atoms with Crippen molar-refractivity contribution in [1.29, 1.82) is 0 Å². The summed E-state index contributed by atoms with van der Waals surface area (Å²) in [5, 5.41) is 2.14. The molecule has 0 saturated carbocycles. The highest BCUT2D eigenvalue weighted by atomic mass is 79.9. The lowest BCUT2D eigenvalue weighted by atomic mass is 10.3. The smallest absolute Gasteiger partial charge is 0.174 e. The molecule has 0 spiro atoms. The maximum atomic E-state index is 5.46. The first-order valence-corrected chi connectivity index (χ1v) is 6.31. The molecule has 1 aromatic carbocycles. The Morgan fingerprint density at radius 3 is 2.93 bits per heavy atom. The lowest BCUT2D eigenvalue weighted by Crippen LogP contribution is -1.86. The summed E-state index contributed by atoms with van der Waals surface area (Å²) in [5.74, 6) is 0. The van der Waals surface area contributed by atoms with E-state index in [9.17, 15) is 0 Å². The maximum absolute atomic E-state index is 5.46. The second-order valence-corrected chi connectivity index (χ2v) is 5.23. The van der Waals surface area contributed by atoms with Crippen molar-refractivity contribution in [2.24, 2.45) is 0 Å². The van der Waals surface area contributed by atoms with Gasteiger partial charge in [0.2, 0.25) is 0 Å². The van der Waals surface area contributed by atoms with Crippen LogP contribution in [0.5, 0.6) is 5.06 Å². The quantitative estimate of drug-likeness (QED) is 0.809. The highest BCUT2D eigenvalue weighted by molar-refractivity contribution is 9.10. The summed E-state index contributed by atoms with van der Waals surface area (Å²) >= 11 is 9.50. The van der Waals surface area contributed by atoms with Gasteiger partial charge in [-0.15, -0.1) is 12.6 Å². The fourth-order valence-corrected chi connectivity index (χ4v) is 3.40. The molecule has 0 unspecified atom stereocenters. The first-order valence-electron chi connectivity index (χ1n) is 4.25. The van der Waals surface area contributed by atoms with E-state index in [2.05, 4.69) is 28.6 Å². The third kappa shape index (κ3) is 1.92. The highest BCUT2D eigenvalue weighted by Crippen LogP contribution is 2.37. The Morgan fingerprint density at radius 1 is 1.43 bits per heavy atom. The van der Waals surface area contributed by atoms with E-state index in [1.165, 1.54) is 10.1 Å². The Bertz CT molecular complexity index is 464. The number of halogens is 1. The van der Waals surface area contributed by atoms with Crippen LogP contribution >= 0.6 is 39.9 Å². The van der Waals surface area contributed by atoms with E-state index in [1.807, 2.05) is 25.1 Å². The van der Waals surface area contributed by atoms with Crippen LogP contribution in [0.4, 0.5) is 0 Å². The maximum Gasteiger partial charge on any atom is 0.174 e. The van der Waals surface area contributed by atoms with Crippen molar-refractivity contribution in [3.8, 4) is 5.06 Å². The van der Waals surface area contributed by atoms with Gasteiger partial charge < -0.3 is 4.74 Å². The van der Waals surface area contributed by atoms with Gasteiger partial charge in [-0.25, -0.2) is 0 Å². The average Bonchev–Trinajstić information content (AvgIpc) is 2.48. The molecule has 14 heavy (non-hydrogen) atoms. The van der Waals surface area contributed by atoms with E-state index in [0.29, 0.717) is 6.61 Å². The lowest BCUT2D eigenvalue weighted by Gasteiger charge is -1.95. The fourth-order valence-electron chi connectivity index (χ4n) is 1.29. The number of rotatable bonds is 2. The first-order chi connectivity index (χ1) is 6.70. The molecule has 0 aliphatic rings. The number of thiophene rings is 1. The second-order valence-electron chi connectivity index (χ2n) is 2.84. The average molecular weight is 289 g/mol. The van der Waals surface area contributed by atoms with Gasteiger partial charge in [-0.1, -0.05) is 11.3 Å². The van der Waals surface area contributed by atoms with E-state index in [-0.39, 0.29) is 0 Å². The van der Waals surface area contributed by atoms with Crippen LogP contribution in [0.15, 0.2) is 27.6 Å². The van der Waals surface area contributed by atoms with Crippen LogP contribution in [0.25, 0.3) is 10.1 Å². The van der Waals surface area contributed by atoms with E-state index >= 15 is 0 Å². The molecule has 74 valence electrons. The molecule has 0 aliphatic carbocycles. The van der Waals surface area contributed by atoms with Gasteiger partial charge in [0.05, 0.1) is 11.3 Å². The molecule has 0 radical (unpaired) electrons. The summed E-state index contributed by atoms with van der Waals surface area (Å²) in [6.45, 7) is 2.70. The summed E-state index contributed by atoms with van der Waals surface area (Å²) in [7, 11) is 0. The van der Waals surface area contributed by atoms with E-state index in [4.69, 9.17) is 4.74 Å². The van der Waals surface area contributed by atoms with E-state index in [1.54, 1.807) is 11.3 Å². The zero-order valence-corrected chi connectivity index (χ0v) is 10.9. The standard InChI is InChI=1S/C10H9BrOS2/c1-2-12-9-4-6-3-7(13)5-8(11)10(6)14-9/h3-5,13H,2H2,1H3. The molecule has 2 aromatic rings. The van der Waals surface area contributed by atoms with Crippen LogP contribution in [0, 0.1) is 0 Å². The van der Waals surface area contributed by atoms with Crippen LogP contribution in [0.1, 0.15) is 6.92 Å². The monoisotopic (exact) mass is 288 g/mol. The van der Waals surface area contributed by atoms with Gasteiger partial charge in [-0.2, -0.15) is 0 Å². The largest absolute Gasteiger partial charge is 0.484 e. The molecule has 0 saturated heterocycles. The molecule has 0 aliphatic heterocycles. The Kier molecular flexibility index (Phi) is 3.04. The van der Waals surface area contributed by atoms with Crippen LogP contribution in [0.2, 0.25) is 0 Å². The lowest BCUT2D eigenvalue weighted by molar-refractivity contribution is 0.350. The molecule has 0 bridgehead atoms. The van der Waals surface area contributed by atoms with E-state index < -0.39 is 0 Å². The molecule has 0 amide bonds. The van der Waals surface area contributed by atoms with Gasteiger partial charge in [0.15, 0.2) is 5.06 Å². The normalized spacial score (nSPS) is 10.8. The number of hydrogen-bond donors (Lipinski definition) is 1. The molecule has 4 heteroatoms. The number of thiol groups is 1. The van der Waals surface area contributed by atoms with Crippen LogP contribution < -0.4 is 4.74 Å². The highest BCUT2D eigenvalue weighted by Gasteiger charge is 2.06. The van der Waals surface area contributed by atoms with Gasteiger partial charge in [0.25, 0.3) is 0 Å². The Morgan fingerprint density at radius 2 is 2.21 bits per heavy atom. The van der Waals surface area contributed by atoms with Crippen LogP contribution in [0.3, 0.4) is 0 Å². The minimum atomic E-state index is 0.707. The zero-order valence-electron chi connectivity index (χ0n) is 7.58. The molecular formula is C10H9BrOS2. The SMILES string of the molecule is CCOc1cc2cc(S)cc(Br)c2s1. The Balaban J connectivity index is 2.58. The van der Waals surface area contributed by atoms with Crippen molar-refractivity contribution in [1.82, 2.24) is 0 Å². The first kappa shape index (κ1) is 10.3. The summed E-state index contributed by atoms with van der Waals surface area (Å²) in [6.07, 6.45) is 0. The van der Waals surface area contributed by atoms with Gasteiger partial charge in [-0.3, -0.25) is 0 Å². The molecule has 0 N–H and O–H groups in total. The molecule has 1 nitrogen and oxygen atoms in total. The van der Waals surface area contributed by atoms with Crippen molar-refractivity contribution in [3.63, 3.8) is 0 Å². The fraction of sp³-hybridized carbons (Fsp3) is 0.200. The Labute approximate surface area is 101 Å². The topological polar surface area (TPSA) is 9.23 Å². The number of fused-ring (bicyclic) bond motifs is 1. The van der Waals surface area contributed by atoms with Crippen LogP contribution in [-0.4, -0.2) is 6.61 Å². The van der Waals surface area contributed by atoms with Crippen molar-refractivity contribution in [3.05, 3.63) is 22.7 Å². The van der Waals surface area contributed by atoms with Crippen molar-refractivity contribution < 1.29 is 4.74 Å². The number of benzene rings is 1. The molecule has 0 fully saturated rings. The molecular weight excluding hydrogens is 280 g/mol. The molecule has 1 heterocycles. The summed E-state index contributed by atoms with van der Waals surface area (Å²) in [4.78, 5) is 0.963. The predicted molar refractivity (Wildman–Crippen MR) is 67.9 cm³/mol. The predicted octanol–water partition coefficient (Wildman–Crippen LogP) is 4.35. The van der Waals surface area contributed by atoms with Gasteiger partial charge in [0.1, 0.15) is 0 Å². The van der Waals surface area contributed by atoms with Gasteiger partial charge in [0, 0.05) is 9.37 Å².